The maximum Gasteiger partial charge on any atom is 0.336 e. The van der Waals surface area contributed by atoms with Crippen LogP contribution < -0.4 is 0 Å². The molecule has 1 heterocycles. The summed E-state index contributed by atoms with van der Waals surface area (Å²) in [7, 11) is 0. The van der Waals surface area contributed by atoms with E-state index < -0.39 is 0 Å². The van der Waals surface area contributed by atoms with Gasteiger partial charge in [0.25, 0.3) is 0 Å². The molecule has 0 aromatic carbocycles. The van der Waals surface area contributed by atoms with Crippen LogP contribution in [0.2, 0.25) is 0 Å². The number of hydrogen-bond acceptors (Lipinski definition) is 3. The van der Waals surface area contributed by atoms with Gasteiger partial charge in [0.1, 0.15) is 0 Å². The molecule has 0 spiro atoms. The summed E-state index contributed by atoms with van der Waals surface area (Å²) in [6.45, 7) is 4.61. The summed E-state index contributed by atoms with van der Waals surface area (Å²) < 4.78 is 10.3. The fourth-order valence-corrected chi connectivity index (χ4v) is 1.19. The zero-order valence-corrected chi connectivity index (χ0v) is 8.21. The highest BCUT2D eigenvalue weighted by Crippen LogP contribution is 2.20. The van der Waals surface area contributed by atoms with E-state index in [1.807, 2.05) is 6.92 Å². The van der Waals surface area contributed by atoms with E-state index in [0.717, 1.165) is 18.4 Å². The summed E-state index contributed by atoms with van der Waals surface area (Å²) in [6, 6.07) is 0. The number of ether oxygens (including phenoxy) is 2. The van der Waals surface area contributed by atoms with Crippen LogP contribution in [0.25, 0.3) is 0 Å². The van der Waals surface area contributed by atoms with Crippen molar-refractivity contribution in [2.24, 2.45) is 0 Å². The summed E-state index contributed by atoms with van der Waals surface area (Å²) in [4.78, 5) is 11.1. The molecule has 0 aliphatic carbocycles. The largest absolute Gasteiger partial charge is 0.432 e. The van der Waals surface area contributed by atoms with E-state index >= 15 is 0 Å². The van der Waals surface area contributed by atoms with Crippen molar-refractivity contribution in [1.82, 2.24) is 0 Å². The van der Waals surface area contributed by atoms with Gasteiger partial charge in [-0.3, -0.25) is 0 Å². The molecule has 0 saturated carbocycles. The normalized spacial score (nSPS) is 25.2. The number of carbonyl (C=O) groups is 1. The minimum atomic E-state index is -0.342. The molecule has 3 nitrogen and oxygen atoms in total. The van der Waals surface area contributed by atoms with Crippen LogP contribution in [-0.4, -0.2) is 18.9 Å². The Morgan fingerprint density at radius 1 is 1.69 bits per heavy atom. The lowest BCUT2D eigenvalue weighted by Gasteiger charge is -2.08. The van der Waals surface area contributed by atoms with Crippen LogP contribution in [0, 0.1) is 0 Å². The van der Waals surface area contributed by atoms with Crippen molar-refractivity contribution < 1.29 is 14.3 Å². The summed E-state index contributed by atoms with van der Waals surface area (Å²) in [5, 5.41) is 0. The first-order valence-electron chi connectivity index (χ1n) is 4.75. The molecule has 0 N–H and O–H groups in total. The molecule has 1 aliphatic rings. The van der Waals surface area contributed by atoms with Gasteiger partial charge in [0.05, 0.1) is 6.61 Å². The van der Waals surface area contributed by atoms with Crippen molar-refractivity contribution in [3.05, 3.63) is 11.6 Å². The maximum atomic E-state index is 11.1. The van der Waals surface area contributed by atoms with Gasteiger partial charge in [-0.1, -0.05) is 19.4 Å². The van der Waals surface area contributed by atoms with E-state index in [1.165, 1.54) is 0 Å². The van der Waals surface area contributed by atoms with Crippen LogP contribution in [0.3, 0.4) is 0 Å². The summed E-state index contributed by atoms with van der Waals surface area (Å²) in [6.07, 6.45) is 4.14. The minimum Gasteiger partial charge on any atom is -0.432 e. The van der Waals surface area contributed by atoms with Gasteiger partial charge in [-0.15, -0.1) is 0 Å². The smallest absolute Gasteiger partial charge is 0.336 e. The standard InChI is InChI=1S/C10H16O3/c1-3-5-6-12-9-7-8(4-2)10(11)13-9/h4,9H,3,5-7H2,1-2H3/b8-4-. The minimum absolute atomic E-state index is 0.232. The van der Waals surface area contributed by atoms with Gasteiger partial charge in [-0.05, 0) is 13.3 Å². The Morgan fingerprint density at radius 2 is 2.46 bits per heavy atom. The zero-order chi connectivity index (χ0) is 9.68. The highest BCUT2D eigenvalue weighted by atomic mass is 16.7. The van der Waals surface area contributed by atoms with Crippen molar-refractivity contribution in [2.45, 2.75) is 39.4 Å². The van der Waals surface area contributed by atoms with E-state index in [-0.39, 0.29) is 12.3 Å². The second-order valence-corrected chi connectivity index (χ2v) is 3.08. The number of rotatable bonds is 4. The lowest BCUT2D eigenvalue weighted by atomic mass is 10.2. The SMILES string of the molecule is C/C=C1/CC(OCCCC)OC1=O. The molecule has 1 atom stereocenters. The van der Waals surface area contributed by atoms with Crippen molar-refractivity contribution in [3.8, 4) is 0 Å². The molecule has 1 saturated heterocycles. The van der Waals surface area contributed by atoms with E-state index in [1.54, 1.807) is 6.08 Å². The molecule has 1 aliphatic heterocycles. The van der Waals surface area contributed by atoms with Gasteiger partial charge in [0.2, 0.25) is 6.29 Å². The maximum absolute atomic E-state index is 11.1. The van der Waals surface area contributed by atoms with Crippen molar-refractivity contribution >= 4 is 5.97 Å². The first-order chi connectivity index (χ1) is 6.27. The van der Waals surface area contributed by atoms with Crippen LogP contribution in [-0.2, 0) is 14.3 Å². The Labute approximate surface area is 78.7 Å². The van der Waals surface area contributed by atoms with Gasteiger partial charge in [0, 0.05) is 12.0 Å². The average Bonchev–Trinajstić information content (AvgIpc) is 2.47. The molecule has 0 amide bonds. The van der Waals surface area contributed by atoms with Crippen LogP contribution in [0.4, 0.5) is 0 Å². The molecule has 3 heteroatoms. The molecule has 74 valence electrons. The predicted octanol–water partition coefficient (Wildman–Crippen LogP) is 2.02. The molecular weight excluding hydrogens is 168 g/mol. The Bertz CT molecular complexity index is 208. The molecule has 1 rings (SSSR count). The Hall–Kier alpha value is -0.830. The predicted molar refractivity (Wildman–Crippen MR) is 49.1 cm³/mol. The quantitative estimate of drug-likeness (QED) is 0.381. The number of esters is 1. The van der Waals surface area contributed by atoms with Crippen LogP contribution in [0.5, 0.6) is 0 Å². The third kappa shape index (κ3) is 2.84. The molecule has 0 radical (unpaired) electrons. The second-order valence-electron chi connectivity index (χ2n) is 3.08. The molecule has 1 fully saturated rings. The topological polar surface area (TPSA) is 35.5 Å². The fraction of sp³-hybridized carbons (Fsp3) is 0.700. The first-order valence-corrected chi connectivity index (χ1v) is 4.75. The number of carbonyl (C=O) groups excluding carboxylic acids is 1. The van der Waals surface area contributed by atoms with Crippen LogP contribution in [0.15, 0.2) is 11.6 Å². The number of hydrogen-bond donors (Lipinski definition) is 0. The van der Waals surface area contributed by atoms with Gasteiger partial charge in [-0.2, -0.15) is 0 Å². The Morgan fingerprint density at radius 3 is 3.00 bits per heavy atom. The van der Waals surface area contributed by atoms with E-state index in [4.69, 9.17) is 9.47 Å². The van der Waals surface area contributed by atoms with Crippen molar-refractivity contribution in [3.63, 3.8) is 0 Å². The van der Waals surface area contributed by atoms with Gasteiger partial charge >= 0.3 is 5.97 Å². The first kappa shape index (κ1) is 10.3. The molecule has 13 heavy (non-hydrogen) atoms. The second kappa shape index (κ2) is 5.02. The summed E-state index contributed by atoms with van der Waals surface area (Å²) >= 11 is 0. The highest BCUT2D eigenvalue weighted by Gasteiger charge is 2.28. The molecular formula is C10H16O3. The molecule has 0 bridgehead atoms. The molecule has 0 aromatic heterocycles. The lowest BCUT2D eigenvalue weighted by molar-refractivity contribution is -0.161. The van der Waals surface area contributed by atoms with E-state index in [0.29, 0.717) is 13.0 Å². The summed E-state index contributed by atoms with van der Waals surface area (Å²) in [5.41, 5.74) is 0.724. The number of unbranched alkanes of at least 4 members (excludes halogenated alkanes) is 1. The summed E-state index contributed by atoms with van der Waals surface area (Å²) in [5.74, 6) is -0.232. The third-order valence-corrected chi connectivity index (χ3v) is 2.04. The van der Waals surface area contributed by atoms with Gasteiger partial charge < -0.3 is 9.47 Å². The van der Waals surface area contributed by atoms with Crippen molar-refractivity contribution in [1.29, 1.82) is 0 Å². The monoisotopic (exact) mass is 184 g/mol. The van der Waals surface area contributed by atoms with E-state index in [2.05, 4.69) is 6.92 Å². The van der Waals surface area contributed by atoms with Crippen LogP contribution >= 0.6 is 0 Å². The van der Waals surface area contributed by atoms with Crippen LogP contribution in [0.1, 0.15) is 33.1 Å². The zero-order valence-electron chi connectivity index (χ0n) is 8.21. The average molecular weight is 184 g/mol. The molecule has 0 aromatic rings. The van der Waals surface area contributed by atoms with E-state index in [9.17, 15) is 4.79 Å². The lowest BCUT2D eigenvalue weighted by Crippen LogP contribution is -2.12. The fourth-order valence-electron chi connectivity index (χ4n) is 1.19. The molecule has 1 unspecified atom stereocenters. The Kier molecular flexibility index (Phi) is 3.96. The van der Waals surface area contributed by atoms with Gasteiger partial charge in [0.15, 0.2) is 0 Å². The van der Waals surface area contributed by atoms with Gasteiger partial charge in [-0.25, -0.2) is 4.79 Å². The number of cyclic esters (lactones) is 1. The highest BCUT2D eigenvalue weighted by molar-refractivity contribution is 5.90. The Balaban J connectivity index is 2.28. The number of allylic oxidation sites excluding steroid dienone is 1. The van der Waals surface area contributed by atoms with Crippen molar-refractivity contribution in [2.75, 3.05) is 6.61 Å². The third-order valence-electron chi connectivity index (χ3n) is 2.04.